The van der Waals surface area contributed by atoms with Gasteiger partial charge >= 0.3 is 0 Å². The second-order valence-electron chi connectivity index (χ2n) is 7.83. The van der Waals surface area contributed by atoms with Gasteiger partial charge < -0.3 is 5.32 Å². The van der Waals surface area contributed by atoms with Crippen molar-refractivity contribution in [1.29, 1.82) is 0 Å². The minimum absolute atomic E-state index is 0.0406. The van der Waals surface area contributed by atoms with E-state index >= 15 is 0 Å². The maximum absolute atomic E-state index is 12.5. The Morgan fingerprint density at radius 3 is 2.00 bits per heavy atom. The summed E-state index contributed by atoms with van der Waals surface area (Å²) in [4.78, 5) is 13.7. The number of benzene rings is 3. The van der Waals surface area contributed by atoms with Crippen LogP contribution in [0.25, 0.3) is 0 Å². The zero-order chi connectivity index (χ0) is 22.5. The minimum Gasteiger partial charge on any atom is -0.341 e. The van der Waals surface area contributed by atoms with Crippen molar-refractivity contribution in [3.05, 3.63) is 127 Å². The fourth-order valence-electron chi connectivity index (χ4n) is 4.19. The molecule has 0 aliphatic carbocycles. The number of hydrogen-bond acceptors (Lipinski definition) is 3. The summed E-state index contributed by atoms with van der Waals surface area (Å²) in [6.45, 7) is 4.19. The number of anilines is 1. The third kappa shape index (κ3) is 5.04. The first-order valence-corrected chi connectivity index (χ1v) is 12.4. The molecule has 0 radical (unpaired) electrons. The van der Waals surface area contributed by atoms with E-state index in [4.69, 9.17) is 0 Å². The molecule has 4 rings (SSSR count). The van der Waals surface area contributed by atoms with E-state index in [9.17, 15) is 4.79 Å². The first-order valence-electron chi connectivity index (χ1n) is 10.5. The summed E-state index contributed by atoms with van der Waals surface area (Å²) in [5, 5.41) is 4.37. The van der Waals surface area contributed by atoms with E-state index in [1.165, 1.54) is 19.6 Å². The van der Waals surface area contributed by atoms with Crippen molar-refractivity contribution in [3.8, 4) is 0 Å². The Kier molecular flexibility index (Phi) is 7.26. The van der Waals surface area contributed by atoms with Gasteiger partial charge in [0.15, 0.2) is 0 Å². The molecule has 4 aromatic rings. The largest absolute Gasteiger partial charge is 0.341 e. The number of thiophene rings is 1. The van der Waals surface area contributed by atoms with Crippen LogP contribution >= 0.6 is 33.9 Å². The van der Waals surface area contributed by atoms with Gasteiger partial charge in [0.25, 0.3) is 0 Å². The molecule has 32 heavy (non-hydrogen) atoms. The molecule has 0 fully saturated rings. The number of hydrogen-bond donors (Lipinski definition) is 1. The van der Waals surface area contributed by atoms with Crippen LogP contribution in [0, 0.1) is 17.4 Å². The van der Waals surface area contributed by atoms with Gasteiger partial charge in [-0.05, 0) is 83.0 Å². The molecule has 0 amide bonds. The normalized spacial score (nSPS) is 11.8. The first kappa shape index (κ1) is 22.5. The van der Waals surface area contributed by atoms with Gasteiger partial charge in [-0.2, -0.15) is 0 Å². The Morgan fingerprint density at radius 2 is 1.50 bits per heavy atom. The number of nitrogens with one attached hydrogen (secondary N) is 1. The lowest BCUT2D eigenvalue weighted by molar-refractivity contribution is 0.562. The second kappa shape index (κ2) is 10.3. The summed E-state index contributed by atoms with van der Waals surface area (Å²) in [5.74, 6) is 2.03. The summed E-state index contributed by atoms with van der Waals surface area (Å²) >= 11 is 3.98. The highest BCUT2D eigenvalue weighted by Crippen LogP contribution is 2.44. The van der Waals surface area contributed by atoms with Crippen molar-refractivity contribution < 1.29 is 4.79 Å². The quantitative estimate of drug-likeness (QED) is 0.189. The zero-order valence-electron chi connectivity index (χ0n) is 18.0. The molecular weight excluding hydrogens is 525 g/mol. The maximum atomic E-state index is 12.5. The van der Waals surface area contributed by atoms with E-state index < -0.39 is 0 Å². The van der Waals surface area contributed by atoms with Crippen LogP contribution in [0.3, 0.4) is 0 Å². The third-order valence-corrected chi connectivity index (χ3v) is 7.22. The van der Waals surface area contributed by atoms with Crippen molar-refractivity contribution in [2.45, 2.75) is 25.7 Å². The van der Waals surface area contributed by atoms with Crippen LogP contribution in [0.15, 0.2) is 96.7 Å². The van der Waals surface area contributed by atoms with Gasteiger partial charge in [0, 0.05) is 20.3 Å². The SMILES string of the molecule is Cc1ccc(NC(=C=O)C(c2ccc(I)cc2C)C(c2ccccc2)c2ccccc2)s1. The molecule has 0 aliphatic rings. The van der Waals surface area contributed by atoms with Gasteiger partial charge in [-0.3, -0.25) is 0 Å². The summed E-state index contributed by atoms with van der Waals surface area (Å²) in [6.07, 6.45) is 0. The smallest absolute Gasteiger partial charge is 0.146 e. The van der Waals surface area contributed by atoms with Gasteiger partial charge in [0.05, 0.1) is 5.00 Å². The van der Waals surface area contributed by atoms with Crippen LogP contribution in [-0.2, 0) is 4.79 Å². The molecule has 1 aromatic heterocycles. The zero-order valence-corrected chi connectivity index (χ0v) is 21.0. The minimum atomic E-state index is -0.211. The Labute approximate surface area is 207 Å². The summed E-state index contributed by atoms with van der Waals surface area (Å²) < 4.78 is 1.18. The Hall–Kier alpha value is -2.66. The number of allylic oxidation sites excluding steroid dienone is 1. The molecule has 2 nitrogen and oxygen atoms in total. The van der Waals surface area contributed by atoms with Gasteiger partial charge in [-0.1, -0.05) is 66.7 Å². The van der Waals surface area contributed by atoms with Crippen LogP contribution in [-0.4, -0.2) is 5.94 Å². The molecule has 0 aliphatic heterocycles. The highest BCUT2D eigenvalue weighted by molar-refractivity contribution is 14.1. The van der Waals surface area contributed by atoms with E-state index in [2.05, 4.69) is 120 Å². The molecule has 3 aromatic carbocycles. The van der Waals surface area contributed by atoms with Crippen molar-refractivity contribution in [3.63, 3.8) is 0 Å². The highest BCUT2D eigenvalue weighted by Gasteiger charge is 2.32. The Bertz CT molecular complexity index is 1200. The summed E-state index contributed by atoms with van der Waals surface area (Å²) in [5.41, 5.74) is 5.17. The van der Waals surface area contributed by atoms with Gasteiger partial charge in [-0.25, -0.2) is 4.79 Å². The number of aryl methyl sites for hydroxylation is 2. The molecule has 1 heterocycles. The van der Waals surface area contributed by atoms with Gasteiger partial charge in [0.2, 0.25) is 0 Å². The average Bonchev–Trinajstić information content (AvgIpc) is 3.22. The van der Waals surface area contributed by atoms with Crippen LogP contribution in [0.5, 0.6) is 0 Å². The number of rotatable bonds is 7. The van der Waals surface area contributed by atoms with Crippen LogP contribution in [0.4, 0.5) is 5.00 Å². The molecule has 160 valence electrons. The number of halogens is 1. The predicted octanol–water partition coefficient (Wildman–Crippen LogP) is 7.71. The summed E-state index contributed by atoms with van der Waals surface area (Å²) in [7, 11) is 0. The highest BCUT2D eigenvalue weighted by atomic mass is 127. The maximum Gasteiger partial charge on any atom is 0.146 e. The molecule has 1 N–H and O–H groups in total. The van der Waals surface area contributed by atoms with E-state index in [0.29, 0.717) is 5.70 Å². The van der Waals surface area contributed by atoms with Crippen molar-refractivity contribution in [2.75, 3.05) is 5.32 Å². The number of carbonyl (C=O) groups excluding carboxylic acids is 1. The van der Waals surface area contributed by atoms with E-state index in [0.717, 1.165) is 16.1 Å². The average molecular weight is 549 g/mol. The van der Waals surface area contributed by atoms with Gasteiger partial charge in [-0.15, -0.1) is 11.3 Å². The standard InChI is InChI=1S/C28H24INOS/c1-19-17-23(29)14-15-24(19)28(25(18-31)30-26-16-13-20(2)32-26)27(21-9-5-3-6-10-21)22-11-7-4-8-12-22/h3-17,27-28,30H,1-2H3. The van der Waals surface area contributed by atoms with Crippen LogP contribution < -0.4 is 5.32 Å². The second-order valence-corrected chi connectivity index (χ2v) is 10.4. The molecular formula is C28H24INOS. The van der Waals surface area contributed by atoms with Crippen LogP contribution in [0.1, 0.15) is 39.0 Å². The Balaban J connectivity index is 1.92. The molecule has 4 heteroatoms. The van der Waals surface area contributed by atoms with Crippen LogP contribution in [0.2, 0.25) is 0 Å². The van der Waals surface area contributed by atoms with Gasteiger partial charge in [0.1, 0.15) is 11.6 Å². The molecule has 0 bridgehead atoms. The van der Waals surface area contributed by atoms with E-state index in [1.807, 2.05) is 18.2 Å². The Morgan fingerprint density at radius 1 is 0.875 bits per heavy atom. The monoisotopic (exact) mass is 549 g/mol. The first-order chi connectivity index (χ1) is 15.6. The molecule has 1 atom stereocenters. The molecule has 1 unspecified atom stereocenters. The lowest BCUT2D eigenvalue weighted by atomic mass is 9.74. The molecule has 0 saturated heterocycles. The molecule has 0 saturated carbocycles. The topological polar surface area (TPSA) is 29.1 Å². The summed E-state index contributed by atoms with van der Waals surface area (Å²) in [6, 6.07) is 31.4. The fraction of sp³-hybridized carbons (Fsp3) is 0.143. The van der Waals surface area contributed by atoms with E-state index in [1.54, 1.807) is 11.3 Å². The molecule has 0 spiro atoms. The third-order valence-electron chi connectivity index (χ3n) is 5.64. The fourth-order valence-corrected chi connectivity index (χ4v) is 5.62. The van der Waals surface area contributed by atoms with Crippen molar-refractivity contribution in [2.24, 2.45) is 0 Å². The van der Waals surface area contributed by atoms with Crippen molar-refractivity contribution >= 4 is 44.9 Å². The predicted molar refractivity (Wildman–Crippen MR) is 143 cm³/mol. The lowest BCUT2D eigenvalue weighted by Crippen LogP contribution is -2.21. The lowest BCUT2D eigenvalue weighted by Gasteiger charge is -2.30. The van der Waals surface area contributed by atoms with E-state index in [-0.39, 0.29) is 11.8 Å². The van der Waals surface area contributed by atoms with Crippen molar-refractivity contribution in [1.82, 2.24) is 0 Å².